The van der Waals surface area contributed by atoms with Gasteiger partial charge in [0.2, 0.25) is 0 Å². The van der Waals surface area contributed by atoms with Crippen LogP contribution in [0.5, 0.6) is 0 Å². The predicted octanol–water partition coefficient (Wildman–Crippen LogP) is 2.48. The van der Waals surface area contributed by atoms with Crippen LogP contribution in [0.15, 0.2) is 0 Å². The molecule has 0 aliphatic heterocycles. The Bertz CT molecular complexity index is 59.6. The minimum atomic E-state index is 0.122. The minimum absolute atomic E-state index is 0.122. The predicted molar refractivity (Wildman–Crippen MR) is 41.2 cm³/mol. The molecule has 0 aromatic rings. The van der Waals surface area contributed by atoms with E-state index in [0.717, 1.165) is 0 Å². The van der Waals surface area contributed by atoms with Gasteiger partial charge < -0.3 is 0 Å². The Morgan fingerprint density at radius 1 is 1.33 bits per heavy atom. The fourth-order valence-electron chi connectivity index (χ4n) is 0.776. The molecule has 2 unspecified atom stereocenters. The molecule has 0 bridgehead atoms. The summed E-state index contributed by atoms with van der Waals surface area (Å²) >= 11 is 0. The maximum absolute atomic E-state index is 7.36. The van der Waals surface area contributed by atoms with Crippen LogP contribution in [0.25, 0.3) is 0 Å². The second-order valence-electron chi connectivity index (χ2n) is 2.91. The van der Waals surface area contributed by atoms with E-state index in [2.05, 4.69) is 13.8 Å². The Morgan fingerprint density at radius 3 is 2.22 bits per heavy atom. The van der Waals surface area contributed by atoms with Crippen molar-refractivity contribution in [1.82, 2.24) is 5.73 Å². The van der Waals surface area contributed by atoms with Crippen molar-refractivity contribution in [3.05, 3.63) is 0 Å². The molecule has 55 valence electrons. The van der Waals surface area contributed by atoms with Crippen LogP contribution in [-0.4, -0.2) is 6.04 Å². The number of unbranched alkanes of at least 4 members (excludes halogenated alkanes) is 1. The zero-order chi connectivity index (χ0) is 7.28. The second-order valence-corrected chi connectivity index (χ2v) is 2.91. The Morgan fingerprint density at radius 2 is 1.89 bits per heavy atom. The van der Waals surface area contributed by atoms with E-state index in [1.807, 2.05) is 6.92 Å². The highest BCUT2D eigenvalue weighted by atomic mass is 14.6. The quantitative estimate of drug-likeness (QED) is 0.555. The molecule has 9 heavy (non-hydrogen) atoms. The van der Waals surface area contributed by atoms with Crippen molar-refractivity contribution in [3.63, 3.8) is 0 Å². The topological polar surface area (TPSA) is 23.8 Å². The highest BCUT2D eigenvalue weighted by Crippen LogP contribution is 2.10. The molecule has 1 nitrogen and oxygen atoms in total. The molecule has 0 heterocycles. The van der Waals surface area contributed by atoms with E-state index < -0.39 is 0 Å². The van der Waals surface area contributed by atoms with Crippen molar-refractivity contribution >= 4 is 0 Å². The average Bonchev–Trinajstić information content (AvgIpc) is 1.82. The van der Waals surface area contributed by atoms with E-state index in [1.165, 1.54) is 19.3 Å². The van der Waals surface area contributed by atoms with Gasteiger partial charge in [-0.1, -0.05) is 26.7 Å². The molecule has 0 saturated heterocycles. The molecule has 0 fully saturated rings. The largest absolute Gasteiger partial charge is 0.255 e. The molecule has 0 spiro atoms. The lowest BCUT2D eigenvalue weighted by molar-refractivity contribution is 0.426. The summed E-state index contributed by atoms with van der Waals surface area (Å²) < 4.78 is 0. The van der Waals surface area contributed by atoms with E-state index in [0.29, 0.717) is 5.92 Å². The first-order chi connectivity index (χ1) is 4.18. The lowest BCUT2D eigenvalue weighted by atomic mass is 9.98. The lowest BCUT2D eigenvalue weighted by Crippen LogP contribution is -2.14. The van der Waals surface area contributed by atoms with E-state index in [9.17, 15) is 0 Å². The maximum atomic E-state index is 7.36. The Labute approximate surface area is 58.6 Å². The van der Waals surface area contributed by atoms with Gasteiger partial charge in [-0.2, -0.15) is 0 Å². The van der Waals surface area contributed by atoms with Gasteiger partial charge in [-0.15, -0.1) is 0 Å². The van der Waals surface area contributed by atoms with E-state index >= 15 is 0 Å². The Kier molecular flexibility index (Phi) is 4.78. The van der Waals surface area contributed by atoms with E-state index in [1.54, 1.807) is 0 Å². The SMILES string of the molecule is CCCCC(C)C(C)[NH]. The maximum Gasteiger partial charge on any atom is 0.0210 e. The fraction of sp³-hybridized carbons (Fsp3) is 1.00. The van der Waals surface area contributed by atoms with E-state index in [-0.39, 0.29) is 6.04 Å². The van der Waals surface area contributed by atoms with Gasteiger partial charge >= 0.3 is 0 Å². The monoisotopic (exact) mass is 128 g/mol. The molecule has 0 aromatic heterocycles. The summed E-state index contributed by atoms with van der Waals surface area (Å²) in [7, 11) is 0. The van der Waals surface area contributed by atoms with Gasteiger partial charge in [0.15, 0.2) is 0 Å². The number of nitrogens with one attached hydrogen (secondary N) is 1. The summed E-state index contributed by atoms with van der Waals surface area (Å²) in [5, 5.41) is 0. The van der Waals surface area contributed by atoms with Crippen LogP contribution < -0.4 is 5.73 Å². The van der Waals surface area contributed by atoms with Gasteiger partial charge in [-0.05, 0) is 19.3 Å². The Balaban J connectivity index is 3.16. The molecule has 2 atom stereocenters. The molecular formula is C8H18N. The second kappa shape index (κ2) is 4.80. The van der Waals surface area contributed by atoms with Crippen molar-refractivity contribution < 1.29 is 0 Å². The molecule has 1 heteroatoms. The fourth-order valence-corrected chi connectivity index (χ4v) is 0.776. The number of hydrogen-bond acceptors (Lipinski definition) is 0. The summed E-state index contributed by atoms with van der Waals surface area (Å²) in [6, 6.07) is 0.122. The van der Waals surface area contributed by atoms with Crippen molar-refractivity contribution in [2.45, 2.75) is 46.1 Å². The molecule has 0 saturated carbocycles. The van der Waals surface area contributed by atoms with Crippen LogP contribution in [0.3, 0.4) is 0 Å². The molecule has 0 aromatic carbocycles. The third-order valence-electron chi connectivity index (χ3n) is 1.87. The van der Waals surface area contributed by atoms with Crippen LogP contribution in [0.1, 0.15) is 40.0 Å². The third kappa shape index (κ3) is 4.46. The first-order valence-electron chi connectivity index (χ1n) is 3.89. The summed E-state index contributed by atoms with van der Waals surface area (Å²) in [4.78, 5) is 0. The van der Waals surface area contributed by atoms with Crippen LogP contribution in [0, 0.1) is 5.92 Å². The van der Waals surface area contributed by atoms with Gasteiger partial charge in [0.05, 0.1) is 0 Å². The summed E-state index contributed by atoms with van der Waals surface area (Å²) in [6.45, 7) is 6.33. The third-order valence-corrected chi connectivity index (χ3v) is 1.87. The molecule has 0 aliphatic carbocycles. The van der Waals surface area contributed by atoms with Crippen LogP contribution in [-0.2, 0) is 0 Å². The summed E-state index contributed by atoms with van der Waals surface area (Å²) in [5.41, 5.74) is 7.36. The van der Waals surface area contributed by atoms with Crippen LogP contribution >= 0.6 is 0 Å². The van der Waals surface area contributed by atoms with Crippen molar-refractivity contribution in [2.75, 3.05) is 0 Å². The lowest BCUT2D eigenvalue weighted by Gasteiger charge is -2.12. The Hall–Kier alpha value is -0.0400. The van der Waals surface area contributed by atoms with Gasteiger partial charge in [0.1, 0.15) is 0 Å². The van der Waals surface area contributed by atoms with Gasteiger partial charge in [0.25, 0.3) is 0 Å². The van der Waals surface area contributed by atoms with Crippen LogP contribution in [0.2, 0.25) is 0 Å². The average molecular weight is 128 g/mol. The zero-order valence-electron chi connectivity index (χ0n) is 6.78. The standard InChI is InChI=1S/C8H18N/c1-4-5-6-7(2)8(3)9/h7-9H,4-6H2,1-3H3. The number of rotatable bonds is 4. The van der Waals surface area contributed by atoms with Gasteiger partial charge in [0, 0.05) is 6.04 Å². The normalized spacial score (nSPS) is 17.3. The minimum Gasteiger partial charge on any atom is -0.255 e. The molecule has 1 N–H and O–H groups in total. The van der Waals surface area contributed by atoms with Crippen molar-refractivity contribution in [1.29, 1.82) is 0 Å². The molecule has 0 rings (SSSR count). The highest BCUT2D eigenvalue weighted by Gasteiger charge is 2.05. The highest BCUT2D eigenvalue weighted by molar-refractivity contribution is 4.61. The van der Waals surface area contributed by atoms with Crippen molar-refractivity contribution in [3.8, 4) is 0 Å². The summed E-state index contributed by atoms with van der Waals surface area (Å²) in [6.07, 6.45) is 3.77. The van der Waals surface area contributed by atoms with Crippen LogP contribution in [0.4, 0.5) is 0 Å². The molecule has 1 radical (unpaired) electrons. The smallest absolute Gasteiger partial charge is 0.0210 e. The molecular weight excluding hydrogens is 110 g/mol. The van der Waals surface area contributed by atoms with Gasteiger partial charge in [-0.3, -0.25) is 5.73 Å². The number of hydrogen-bond donors (Lipinski definition) is 0. The van der Waals surface area contributed by atoms with E-state index in [4.69, 9.17) is 5.73 Å². The summed E-state index contributed by atoms with van der Waals surface area (Å²) in [5.74, 6) is 0.588. The molecule has 0 amide bonds. The first kappa shape index (κ1) is 8.96. The first-order valence-corrected chi connectivity index (χ1v) is 3.89. The molecule has 0 aliphatic rings. The zero-order valence-corrected chi connectivity index (χ0v) is 6.78. The van der Waals surface area contributed by atoms with Crippen molar-refractivity contribution in [2.24, 2.45) is 5.92 Å². The van der Waals surface area contributed by atoms with Gasteiger partial charge in [-0.25, -0.2) is 0 Å².